The number of aryl methyl sites for hydroxylation is 2. The molecule has 0 fully saturated rings. The van der Waals surface area contributed by atoms with Crippen LogP contribution in [0.1, 0.15) is 55.6 Å². The van der Waals surface area contributed by atoms with E-state index in [0.29, 0.717) is 27.2 Å². The first-order chi connectivity index (χ1) is 16.7. The molecule has 3 heterocycles. The van der Waals surface area contributed by atoms with Gasteiger partial charge in [0.25, 0.3) is 5.91 Å². The summed E-state index contributed by atoms with van der Waals surface area (Å²) in [7, 11) is 0. The van der Waals surface area contributed by atoms with E-state index >= 15 is 0 Å². The van der Waals surface area contributed by atoms with Crippen LogP contribution in [0.4, 0.5) is 5.13 Å². The number of aromatic nitrogens is 1. The standard InChI is InChI=1S/C25H18Cl2N2O5S/c1-4-33-24(32)22-12(3)28-25(35-22)29-19(13-6-7-15(26)16(27)10-13)18-20(30)14-9-11(2)5-8-17(14)34-21(18)23(29)31/h5-10,19H,4H2,1-3H3. The number of halogens is 2. The number of anilines is 1. The second kappa shape index (κ2) is 8.78. The van der Waals surface area contributed by atoms with E-state index in [9.17, 15) is 14.4 Å². The summed E-state index contributed by atoms with van der Waals surface area (Å²) in [5.74, 6) is -1.15. The van der Waals surface area contributed by atoms with Crippen LogP contribution in [0.15, 0.2) is 45.6 Å². The van der Waals surface area contributed by atoms with Crippen LogP contribution in [0.5, 0.6) is 0 Å². The molecule has 35 heavy (non-hydrogen) atoms. The maximum Gasteiger partial charge on any atom is 0.350 e. The van der Waals surface area contributed by atoms with Crippen molar-refractivity contribution in [3.8, 4) is 0 Å². The number of thiazole rings is 1. The molecule has 2 aromatic carbocycles. The molecule has 0 spiro atoms. The van der Waals surface area contributed by atoms with E-state index in [1.165, 1.54) is 4.90 Å². The maximum absolute atomic E-state index is 13.7. The first kappa shape index (κ1) is 23.5. The first-order valence-electron chi connectivity index (χ1n) is 10.7. The molecule has 0 aliphatic carbocycles. The van der Waals surface area contributed by atoms with Gasteiger partial charge in [-0.2, -0.15) is 0 Å². The van der Waals surface area contributed by atoms with Crippen LogP contribution >= 0.6 is 34.5 Å². The smallest absolute Gasteiger partial charge is 0.350 e. The predicted molar refractivity (Wildman–Crippen MR) is 135 cm³/mol. The number of amides is 1. The normalized spacial score (nSPS) is 15.1. The van der Waals surface area contributed by atoms with Crippen LogP contribution in [0.3, 0.4) is 0 Å². The molecular weight excluding hydrogens is 511 g/mol. The van der Waals surface area contributed by atoms with E-state index in [1.54, 1.807) is 50.2 Å². The topological polar surface area (TPSA) is 89.7 Å². The van der Waals surface area contributed by atoms with E-state index < -0.39 is 17.9 Å². The van der Waals surface area contributed by atoms with Gasteiger partial charge in [0.2, 0.25) is 5.76 Å². The van der Waals surface area contributed by atoms with Gasteiger partial charge in [-0.15, -0.1) is 0 Å². The highest BCUT2D eigenvalue weighted by Crippen LogP contribution is 2.44. The molecular formula is C25H18Cl2N2O5S. The average molecular weight is 529 g/mol. The monoisotopic (exact) mass is 528 g/mol. The van der Waals surface area contributed by atoms with E-state index in [4.69, 9.17) is 32.4 Å². The van der Waals surface area contributed by atoms with Crippen LogP contribution in [-0.2, 0) is 4.74 Å². The fraction of sp³-hybridized carbons (Fsp3) is 0.200. The first-order valence-corrected chi connectivity index (χ1v) is 12.3. The second-order valence-corrected chi connectivity index (χ2v) is 9.85. The van der Waals surface area contributed by atoms with Gasteiger partial charge in [0, 0.05) is 0 Å². The highest BCUT2D eigenvalue weighted by Gasteiger charge is 2.45. The van der Waals surface area contributed by atoms with Gasteiger partial charge in [-0.1, -0.05) is 52.2 Å². The lowest BCUT2D eigenvalue weighted by molar-refractivity contribution is 0.0531. The molecule has 0 saturated heterocycles. The third-order valence-corrected chi connectivity index (χ3v) is 7.61. The molecule has 1 atom stereocenters. The lowest BCUT2D eigenvalue weighted by Crippen LogP contribution is -2.29. The lowest BCUT2D eigenvalue weighted by Gasteiger charge is -2.22. The zero-order chi connectivity index (χ0) is 25.0. The molecule has 1 amide bonds. The average Bonchev–Trinajstić information content (AvgIpc) is 3.34. The molecule has 1 aliphatic heterocycles. The number of carbonyl (C=O) groups is 2. The van der Waals surface area contributed by atoms with E-state index in [2.05, 4.69) is 4.98 Å². The quantitative estimate of drug-likeness (QED) is 0.297. The van der Waals surface area contributed by atoms with Crippen molar-refractivity contribution >= 4 is 62.5 Å². The van der Waals surface area contributed by atoms with Gasteiger partial charge < -0.3 is 9.15 Å². The van der Waals surface area contributed by atoms with Crippen LogP contribution in [0, 0.1) is 13.8 Å². The van der Waals surface area contributed by atoms with Crippen molar-refractivity contribution < 1.29 is 18.7 Å². The van der Waals surface area contributed by atoms with Crippen LogP contribution < -0.4 is 10.3 Å². The second-order valence-electron chi connectivity index (χ2n) is 8.06. The molecule has 1 unspecified atom stereocenters. The van der Waals surface area contributed by atoms with Gasteiger partial charge in [0.05, 0.1) is 39.3 Å². The van der Waals surface area contributed by atoms with Crippen molar-refractivity contribution in [3.05, 3.63) is 89.7 Å². The molecule has 0 saturated carbocycles. The lowest BCUT2D eigenvalue weighted by atomic mass is 9.98. The number of rotatable bonds is 4. The Labute approximate surface area is 213 Å². The molecule has 0 radical (unpaired) electrons. The fourth-order valence-electron chi connectivity index (χ4n) is 4.15. The van der Waals surface area contributed by atoms with Gasteiger partial charge in [0.15, 0.2) is 10.6 Å². The van der Waals surface area contributed by atoms with Crippen molar-refractivity contribution in [1.29, 1.82) is 0 Å². The number of benzene rings is 2. The maximum atomic E-state index is 13.7. The van der Waals surface area contributed by atoms with Crippen molar-refractivity contribution in [2.24, 2.45) is 0 Å². The van der Waals surface area contributed by atoms with Crippen molar-refractivity contribution in [2.45, 2.75) is 26.8 Å². The summed E-state index contributed by atoms with van der Waals surface area (Å²) in [5, 5.41) is 1.21. The minimum atomic E-state index is -0.881. The van der Waals surface area contributed by atoms with E-state index in [-0.39, 0.29) is 38.4 Å². The summed E-state index contributed by atoms with van der Waals surface area (Å²) in [4.78, 5) is 45.9. The third-order valence-electron chi connectivity index (χ3n) is 5.74. The number of nitrogens with zero attached hydrogens (tertiary/aromatic N) is 2. The zero-order valence-electron chi connectivity index (χ0n) is 18.8. The summed E-state index contributed by atoms with van der Waals surface area (Å²) in [6, 6.07) is 9.23. The minimum absolute atomic E-state index is 0.0760. The number of ether oxygens (including phenoxy) is 1. The summed E-state index contributed by atoms with van der Waals surface area (Å²) in [6.45, 7) is 5.44. The summed E-state index contributed by atoms with van der Waals surface area (Å²) in [5.41, 5.74) is 2.01. The SMILES string of the molecule is CCOC(=O)c1sc(N2C(=O)c3oc4ccc(C)cc4c(=O)c3C2c2ccc(Cl)c(Cl)c2)nc1C. The van der Waals surface area contributed by atoms with Crippen molar-refractivity contribution in [2.75, 3.05) is 11.5 Å². The molecule has 178 valence electrons. The van der Waals surface area contributed by atoms with E-state index in [1.807, 2.05) is 6.92 Å². The third kappa shape index (κ3) is 3.82. The van der Waals surface area contributed by atoms with E-state index in [0.717, 1.165) is 16.9 Å². The molecule has 4 aromatic rings. The Balaban J connectivity index is 1.77. The molecule has 7 nitrogen and oxygen atoms in total. The Morgan fingerprint density at radius 3 is 2.63 bits per heavy atom. The predicted octanol–water partition coefficient (Wildman–Crippen LogP) is 6.10. The Hall–Kier alpha value is -3.20. The number of hydrogen-bond donors (Lipinski definition) is 0. The zero-order valence-corrected chi connectivity index (χ0v) is 21.2. The van der Waals surface area contributed by atoms with Gasteiger partial charge in [0.1, 0.15) is 10.5 Å². The van der Waals surface area contributed by atoms with Gasteiger partial charge >= 0.3 is 5.97 Å². The molecule has 0 N–H and O–H groups in total. The number of fused-ring (bicyclic) bond motifs is 2. The van der Waals surface area contributed by atoms with Crippen LogP contribution in [-0.4, -0.2) is 23.5 Å². The number of hydrogen-bond acceptors (Lipinski definition) is 7. The van der Waals surface area contributed by atoms with Gasteiger partial charge in [-0.3, -0.25) is 14.5 Å². The van der Waals surface area contributed by atoms with Crippen molar-refractivity contribution in [1.82, 2.24) is 4.98 Å². The summed E-state index contributed by atoms with van der Waals surface area (Å²) < 4.78 is 11.1. The number of carbonyl (C=O) groups excluding carboxylic acids is 2. The Morgan fingerprint density at radius 1 is 1.14 bits per heavy atom. The highest BCUT2D eigenvalue weighted by atomic mass is 35.5. The highest BCUT2D eigenvalue weighted by molar-refractivity contribution is 7.17. The summed E-state index contributed by atoms with van der Waals surface area (Å²) in [6.07, 6.45) is 0. The van der Waals surface area contributed by atoms with Crippen molar-refractivity contribution in [3.63, 3.8) is 0 Å². The minimum Gasteiger partial charge on any atom is -0.462 e. The summed E-state index contributed by atoms with van der Waals surface area (Å²) >= 11 is 13.4. The Bertz CT molecular complexity index is 1590. The Morgan fingerprint density at radius 2 is 1.91 bits per heavy atom. The van der Waals surface area contributed by atoms with Gasteiger partial charge in [-0.05, 0) is 50.6 Å². The van der Waals surface area contributed by atoms with Crippen LogP contribution in [0.2, 0.25) is 10.0 Å². The Kier molecular flexibility index (Phi) is 5.91. The molecule has 2 aromatic heterocycles. The largest absolute Gasteiger partial charge is 0.462 e. The molecule has 10 heteroatoms. The molecule has 1 aliphatic rings. The molecule has 5 rings (SSSR count). The van der Waals surface area contributed by atoms with Gasteiger partial charge in [-0.25, -0.2) is 9.78 Å². The molecule has 0 bridgehead atoms. The number of esters is 1. The fourth-order valence-corrected chi connectivity index (χ4v) is 5.45. The van der Waals surface area contributed by atoms with Crippen LogP contribution in [0.25, 0.3) is 11.0 Å².